The Labute approximate surface area is 86.0 Å². The summed E-state index contributed by atoms with van der Waals surface area (Å²) in [5.74, 6) is -0.432. The van der Waals surface area contributed by atoms with Gasteiger partial charge in [-0.15, -0.1) is 0 Å². The van der Waals surface area contributed by atoms with E-state index in [1.807, 2.05) is 0 Å². The van der Waals surface area contributed by atoms with Crippen molar-refractivity contribution in [1.82, 2.24) is 0 Å². The van der Waals surface area contributed by atoms with Gasteiger partial charge in [-0.05, 0) is 12.1 Å². The maximum Gasteiger partial charge on any atom is 0.411 e. The average molecular weight is 207 g/mol. The predicted octanol–water partition coefficient (Wildman–Crippen LogP) is 1.54. The van der Waals surface area contributed by atoms with Gasteiger partial charge in [-0.25, -0.2) is 9.59 Å². The largest absolute Gasteiger partial charge is 0.465 e. The third kappa shape index (κ3) is 1.76. The first-order chi connectivity index (χ1) is 7.20. The van der Waals surface area contributed by atoms with Gasteiger partial charge in [0.25, 0.3) is 0 Å². The molecule has 1 N–H and O–H groups in total. The van der Waals surface area contributed by atoms with Crippen molar-refractivity contribution in [3.8, 4) is 0 Å². The van der Waals surface area contributed by atoms with Gasteiger partial charge in [0.05, 0.1) is 18.4 Å². The van der Waals surface area contributed by atoms with Gasteiger partial charge in [-0.2, -0.15) is 0 Å². The molecule has 0 aromatic heterocycles. The van der Waals surface area contributed by atoms with Crippen molar-refractivity contribution >= 4 is 17.7 Å². The lowest BCUT2D eigenvalue weighted by Gasteiger charge is -2.17. The Kier molecular flexibility index (Phi) is 2.29. The van der Waals surface area contributed by atoms with Crippen molar-refractivity contribution in [2.24, 2.45) is 0 Å². The van der Waals surface area contributed by atoms with Crippen LogP contribution < -0.4 is 5.32 Å². The highest BCUT2D eigenvalue weighted by Crippen LogP contribution is 2.23. The molecule has 0 saturated carbocycles. The highest BCUT2D eigenvalue weighted by molar-refractivity contribution is 5.94. The van der Waals surface area contributed by atoms with Crippen molar-refractivity contribution in [2.75, 3.05) is 12.4 Å². The van der Waals surface area contributed by atoms with Gasteiger partial charge in [-0.3, -0.25) is 5.32 Å². The van der Waals surface area contributed by atoms with E-state index < -0.39 is 12.1 Å². The Hall–Kier alpha value is -2.04. The minimum Gasteiger partial charge on any atom is -0.465 e. The molecule has 78 valence electrons. The average Bonchev–Trinajstić information content (AvgIpc) is 2.27. The summed E-state index contributed by atoms with van der Waals surface area (Å²) in [6.07, 6.45) is -0.510. The first-order valence-electron chi connectivity index (χ1n) is 4.36. The second-order valence-electron chi connectivity index (χ2n) is 3.06. The minimum atomic E-state index is -0.510. The Morgan fingerprint density at radius 2 is 2.33 bits per heavy atom. The molecule has 0 radical (unpaired) electrons. The maximum absolute atomic E-state index is 11.2. The summed E-state index contributed by atoms with van der Waals surface area (Å²) in [4.78, 5) is 22.1. The molecule has 1 amide bonds. The van der Waals surface area contributed by atoms with Gasteiger partial charge < -0.3 is 9.47 Å². The van der Waals surface area contributed by atoms with Crippen molar-refractivity contribution in [3.05, 3.63) is 29.3 Å². The number of esters is 1. The number of carbonyl (C=O) groups excluding carboxylic acids is 2. The van der Waals surface area contributed by atoms with Crippen LogP contribution in [0, 0.1) is 0 Å². The zero-order valence-corrected chi connectivity index (χ0v) is 8.07. The van der Waals surface area contributed by atoms with E-state index in [4.69, 9.17) is 4.74 Å². The summed E-state index contributed by atoms with van der Waals surface area (Å²) in [5.41, 5.74) is 1.83. The fourth-order valence-corrected chi connectivity index (χ4v) is 1.35. The summed E-state index contributed by atoms with van der Waals surface area (Å²) in [7, 11) is 1.31. The zero-order valence-electron chi connectivity index (χ0n) is 8.07. The van der Waals surface area contributed by atoms with Crippen LogP contribution in [0.4, 0.5) is 10.5 Å². The highest BCUT2D eigenvalue weighted by Gasteiger charge is 2.17. The summed E-state index contributed by atoms with van der Waals surface area (Å²) in [6, 6.07) is 4.92. The van der Waals surface area contributed by atoms with Crippen LogP contribution in [0.1, 0.15) is 15.9 Å². The van der Waals surface area contributed by atoms with E-state index in [1.54, 1.807) is 18.2 Å². The van der Waals surface area contributed by atoms with Crippen LogP contribution >= 0.6 is 0 Å². The monoisotopic (exact) mass is 207 g/mol. The molecule has 0 atom stereocenters. The first-order valence-corrected chi connectivity index (χ1v) is 4.36. The Morgan fingerprint density at radius 3 is 3.07 bits per heavy atom. The first kappa shape index (κ1) is 9.51. The number of hydrogen-bond acceptors (Lipinski definition) is 4. The molecule has 0 bridgehead atoms. The summed E-state index contributed by atoms with van der Waals surface area (Å²) < 4.78 is 9.34. The minimum absolute atomic E-state index is 0.225. The standard InChI is InChI=1S/C10H9NO4/c1-14-9(12)6-2-3-7-5-15-10(13)11-8(7)4-6/h2-4H,5H2,1H3,(H,11,13). The third-order valence-corrected chi connectivity index (χ3v) is 2.13. The van der Waals surface area contributed by atoms with Crippen molar-refractivity contribution in [3.63, 3.8) is 0 Å². The molecule has 2 rings (SSSR count). The van der Waals surface area contributed by atoms with Crippen molar-refractivity contribution in [2.45, 2.75) is 6.61 Å². The molecule has 1 aliphatic heterocycles. The van der Waals surface area contributed by atoms with Crippen LogP contribution in [-0.4, -0.2) is 19.2 Å². The van der Waals surface area contributed by atoms with Crippen LogP contribution in [-0.2, 0) is 16.1 Å². The Balaban J connectivity index is 2.36. The van der Waals surface area contributed by atoms with Crippen LogP contribution in [0.15, 0.2) is 18.2 Å². The number of ether oxygens (including phenoxy) is 2. The number of cyclic esters (lactones) is 1. The number of nitrogens with one attached hydrogen (secondary N) is 1. The summed E-state index contributed by atoms with van der Waals surface area (Å²) >= 11 is 0. The third-order valence-electron chi connectivity index (χ3n) is 2.13. The molecule has 0 aliphatic carbocycles. The molecule has 1 aromatic rings. The number of benzene rings is 1. The van der Waals surface area contributed by atoms with Gasteiger partial charge in [-0.1, -0.05) is 6.07 Å². The van der Waals surface area contributed by atoms with Crippen LogP contribution in [0.2, 0.25) is 0 Å². The van der Waals surface area contributed by atoms with E-state index in [1.165, 1.54) is 7.11 Å². The molecule has 1 heterocycles. The lowest BCUT2D eigenvalue weighted by atomic mass is 10.1. The van der Waals surface area contributed by atoms with Crippen LogP contribution in [0.25, 0.3) is 0 Å². The fraction of sp³-hybridized carbons (Fsp3) is 0.200. The lowest BCUT2D eigenvalue weighted by molar-refractivity contribution is 0.0600. The number of amides is 1. The molecular weight excluding hydrogens is 198 g/mol. The van der Waals surface area contributed by atoms with E-state index in [0.29, 0.717) is 11.3 Å². The van der Waals surface area contributed by atoms with Gasteiger partial charge in [0.2, 0.25) is 0 Å². The smallest absolute Gasteiger partial charge is 0.411 e. The normalized spacial score (nSPS) is 13.5. The SMILES string of the molecule is COC(=O)c1ccc2c(c1)NC(=O)OC2. The number of rotatable bonds is 1. The Bertz CT molecular complexity index is 427. The quantitative estimate of drug-likeness (QED) is 0.709. The summed E-state index contributed by atoms with van der Waals surface area (Å²) in [5, 5.41) is 2.51. The van der Waals surface area contributed by atoms with Crippen LogP contribution in [0.5, 0.6) is 0 Å². The van der Waals surface area contributed by atoms with Gasteiger partial charge in [0.15, 0.2) is 0 Å². The molecule has 15 heavy (non-hydrogen) atoms. The number of fused-ring (bicyclic) bond motifs is 1. The van der Waals surface area contributed by atoms with E-state index in [9.17, 15) is 9.59 Å². The zero-order chi connectivity index (χ0) is 10.8. The van der Waals surface area contributed by atoms with Gasteiger partial charge >= 0.3 is 12.1 Å². The van der Waals surface area contributed by atoms with E-state index in [2.05, 4.69) is 10.1 Å². The van der Waals surface area contributed by atoms with Crippen LogP contribution in [0.3, 0.4) is 0 Å². The van der Waals surface area contributed by atoms with Gasteiger partial charge in [0.1, 0.15) is 6.61 Å². The maximum atomic E-state index is 11.2. The summed E-state index contributed by atoms with van der Waals surface area (Å²) in [6.45, 7) is 0.225. The molecule has 0 saturated heterocycles. The highest BCUT2D eigenvalue weighted by atomic mass is 16.5. The Morgan fingerprint density at radius 1 is 1.53 bits per heavy atom. The number of anilines is 1. The number of methoxy groups -OCH3 is 1. The molecule has 5 heteroatoms. The molecule has 0 unspecified atom stereocenters. The second kappa shape index (κ2) is 3.61. The number of carbonyl (C=O) groups is 2. The van der Waals surface area contributed by atoms with Crippen molar-refractivity contribution in [1.29, 1.82) is 0 Å². The topological polar surface area (TPSA) is 64.6 Å². The second-order valence-corrected chi connectivity index (χ2v) is 3.06. The molecule has 0 spiro atoms. The fourth-order valence-electron chi connectivity index (χ4n) is 1.35. The molecule has 0 fully saturated rings. The molecule has 1 aliphatic rings. The van der Waals surface area contributed by atoms with E-state index >= 15 is 0 Å². The molecular formula is C10H9NO4. The van der Waals surface area contributed by atoms with E-state index in [-0.39, 0.29) is 6.61 Å². The molecule has 5 nitrogen and oxygen atoms in total. The predicted molar refractivity (Wildman–Crippen MR) is 51.6 cm³/mol. The van der Waals surface area contributed by atoms with E-state index in [0.717, 1.165) is 5.56 Å². The number of hydrogen-bond donors (Lipinski definition) is 1. The lowest BCUT2D eigenvalue weighted by Crippen LogP contribution is -2.20. The molecule has 1 aromatic carbocycles. The van der Waals surface area contributed by atoms with Crippen molar-refractivity contribution < 1.29 is 19.1 Å². The van der Waals surface area contributed by atoms with Gasteiger partial charge in [0, 0.05) is 5.56 Å².